The Morgan fingerprint density at radius 1 is 1.16 bits per heavy atom. The molecule has 4 atom stereocenters. The van der Waals surface area contributed by atoms with Gasteiger partial charge in [0.1, 0.15) is 6.23 Å². The summed E-state index contributed by atoms with van der Waals surface area (Å²) in [5.41, 5.74) is 1.37. The van der Waals surface area contributed by atoms with Crippen LogP contribution in [0.5, 0.6) is 0 Å². The third-order valence-electron chi connectivity index (χ3n) is 5.38. The number of anilines is 1. The Kier molecular flexibility index (Phi) is 3.59. The van der Waals surface area contributed by atoms with Crippen LogP contribution in [-0.2, 0) is 4.79 Å². The van der Waals surface area contributed by atoms with Crippen LogP contribution in [0.25, 0.3) is 0 Å². The first-order valence-electron chi connectivity index (χ1n) is 7.86. The van der Waals surface area contributed by atoms with E-state index in [0.717, 1.165) is 5.56 Å². The van der Waals surface area contributed by atoms with Crippen LogP contribution >= 0.6 is 23.2 Å². The zero-order chi connectivity index (χ0) is 17.9. The number of rotatable bonds is 2. The van der Waals surface area contributed by atoms with Gasteiger partial charge in [-0.1, -0.05) is 35.3 Å². The highest BCUT2D eigenvalue weighted by atomic mass is 35.5. The molecule has 126 valence electrons. The fourth-order valence-corrected chi connectivity index (χ4v) is 4.63. The van der Waals surface area contributed by atoms with Crippen LogP contribution in [0.15, 0.2) is 42.5 Å². The minimum atomic E-state index is -0.937. The highest BCUT2D eigenvalue weighted by Gasteiger charge is 2.76. The van der Waals surface area contributed by atoms with Crippen LogP contribution in [0, 0.1) is 22.7 Å². The number of hydrogen-bond acceptors (Lipinski definition) is 3. The van der Waals surface area contributed by atoms with E-state index in [2.05, 4.69) is 6.07 Å². The molecule has 1 heterocycles. The van der Waals surface area contributed by atoms with Crippen LogP contribution in [-0.4, -0.2) is 17.2 Å². The van der Waals surface area contributed by atoms with Gasteiger partial charge in [-0.15, -0.1) is 0 Å². The number of carbonyl (C=O) groups is 1. The van der Waals surface area contributed by atoms with Gasteiger partial charge >= 0.3 is 0 Å². The Labute approximate surface area is 155 Å². The number of nitriles is 1. The third kappa shape index (κ3) is 2.27. The fourth-order valence-electron chi connectivity index (χ4n) is 4.11. The standard InChI is InChI=1S/C19H14Cl2N2O2/c1-19-15(11-4-2-10(9-22)3-5-11)16(19)17(24)23(18(19)25)14-7-12(20)6-13(21)8-14/h2-8,15-17,24H,1H3. The van der Waals surface area contributed by atoms with E-state index < -0.39 is 11.6 Å². The van der Waals surface area contributed by atoms with Gasteiger partial charge < -0.3 is 5.11 Å². The maximum absolute atomic E-state index is 13.0. The molecule has 0 spiro atoms. The second-order valence-corrected chi connectivity index (χ2v) is 7.61. The van der Waals surface area contributed by atoms with Crippen LogP contribution < -0.4 is 4.90 Å². The number of halogens is 2. The van der Waals surface area contributed by atoms with Crippen LogP contribution in [0.1, 0.15) is 24.0 Å². The Bertz CT molecular complexity index is 902. The van der Waals surface area contributed by atoms with Gasteiger partial charge in [0.2, 0.25) is 5.91 Å². The number of amides is 1. The van der Waals surface area contributed by atoms with Gasteiger partial charge in [0, 0.05) is 27.6 Å². The molecular weight excluding hydrogens is 359 g/mol. The van der Waals surface area contributed by atoms with Gasteiger partial charge in [-0.25, -0.2) is 0 Å². The second kappa shape index (κ2) is 5.47. The summed E-state index contributed by atoms with van der Waals surface area (Å²) in [6.07, 6.45) is -0.937. The Hall–Kier alpha value is -2.06. The van der Waals surface area contributed by atoms with Crippen molar-refractivity contribution in [1.82, 2.24) is 0 Å². The summed E-state index contributed by atoms with van der Waals surface area (Å²) in [5.74, 6) is -0.406. The Morgan fingerprint density at radius 3 is 2.24 bits per heavy atom. The van der Waals surface area contributed by atoms with Gasteiger partial charge in [-0.05, 0) is 42.8 Å². The molecule has 4 rings (SSSR count). The highest BCUT2D eigenvalue weighted by Crippen LogP contribution is 2.71. The van der Waals surface area contributed by atoms with Crippen LogP contribution in [0.3, 0.4) is 0 Å². The maximum atomic E-state index is 13.0. The first-order chi connectivity index (χ1) is 11.9. The number of carbonyl (C=O) groups excluding carboxylic acids is 1. The lowest BCUT2D eigenvalue weighted by atomic mass is 9.99. The van der Waals surface area contributed by atoms with Crippen molar-refractivity contribution in [3.63, 3.8) is 0 Å². The first kappa shape index (κ1) is 16.4. The molecule has 1 aliphatic heterocycles. The van der Waals surface area contributed by atoms with E-state index in [4.69, 9.17) is 28.5 Å². The number of benzene rings is 2. The van der Waals surface area contributed by atoms with E-state index in [1.807, 2.05) is 19.1 Å². The smallest absolute Gasteiger partial charge is 0.236 e. The largest absolute Gasteiger partial charge is 0.373 e. The van der Waals surface area contributed by atoms with Crippen LogP contribution in [0.2, 0.25) is 10.0 Å². The van der Waals surface area contributed by atoms with E-state index in [1.165, 1.54) is 4.90 Å². The van der Waals surface area contributed by atoms with Crippen molar-refractivity contribution in [2.75, 3.05) is 4.90 Å². The minimum Gasteiger partial charge on any atom is -0.373 e. The summed E-state index contributed by atoms with van der Waals surface area (Å²) in [6.45, 7) is 1.87. The lowest BCUT2D eigenvalue weighted by Gasteiger charge is -2.27. The molecule has 1 N–H and O–H groups in total. The molecule has 1 saturated heterocycles. The highest BCUT2D eigenvalue weighted by molar-refractivity contribution is 6.35. The number of aliphatic hydroxyl groups excluding tert-OH is 1. The molecule has 4 unspecified atom stereocenters. The average molecular weight is 373 g/mol. The Balaban J connectivity index is 1.67. The summed E-state index contributed by atoms with van der Waals surface area (Å²) >= 11 is 12.1. The lowest BCUT2D eigenvalue weighted by Crippen LogP contribution is -2.39. The average Bonchev–Trinajstić information content (AvgIpc) is 3.15. The molecule has 0 bridgehead atoms. The normalized spacial score (nSPS) is 30.1. The predicted octanol–water partition coefficient (Wildman–Crippen LogP) is 3.95. The maximum Gasteiger partial charge on any atom is 0.236 e. The monoisotopic (exact) mass is 372 g/mol. The molecule has 2 aromatic rings. The van der Waals surface area contributed by atoms with Crippen molar-refractivity contribution in [1.29, 1.82) is 5.26 Å². The molecule has 25 heavy (non-hydrogen) atoms. The minimum absolute atomic E-state index is 0.0614. The van der Waals surface area contributed by atoms with Gasteiger partial charge in [-0.2, -0.15) is 5.26 Å². The van der Waals surface area contributed by atoms with E-state index in [1.54, 1.807) is 30.3 Å². The van der Waals surface area contributed by atoms with Gasteiger partial charge in [0.25, 0.3) is 0 Å². The summed E-state index contributed by atoms with van der Waals surface area (Å²) in [4.78, 5) is 14.4. The lowest BCUT2D eigenvalue weighted by molar-refractivity contribution is -0.122. The second-order valence-electron chi connectivity index (χ2n) is 6.74. The first-order valence-corrected chi connectivity index (χ1v) is 8.61. The fraction of sp³-hybridized carbons (Fsp3) is 0.263. The van der Waals surface area contributed by atoms with E-state index >= 15 is 0 Å². The molecule has 2 aromatic carbocycles. The molecular formula is C19H14Cl2N2O2. The van der Waals surface area contributed by atoms with Gasteiger partial charge in [-0.3, -0.25) is 9.69 Å². The summed E-state index contributed by atoms with van der Waals surface area (Å²) < 4.78 is 0. The molecule has 1 aliphatic carbocycles. The number of aliphatic hydroxyl groups is 1. The number of piperidine rings is 1. The van der Waals surface area contributed by atoms with Crippen molar-refractivity contribution in [2.24, 2.45) is 11.3 Å². The molecule has 0 radical (unpaired) electrons. The van der Waals surface area contributed by atoms with Crippen molar-refractivity contribution in [3.8, 4) is 6.07 Å². The van der Waals surface area contributed by atoms with Crippen molar-refractivity contribution < 1.29 is 9.90 Å². The van der Waals surface area contributed by atoms with Crippen molar-refractivity contribution in [3.05, 3.63) is 63.6 Å². The molecule has 0 aromatic heterocycles. The number of nitrogens with zero attached hydrogens (tertiary/aromatic N) is 2. The molecule has 6 heteroatoms. The predicted molar refractivity (Wildman–Crippen MR) is 95.4 cm³/mol. The molecule has 2 fully saturated rings. The van der Waals surface area contributed by atoms with Gasteiger partial charge in [0.15, 0.2) is 0 Å². The van der Waals surface area contributed by atoms with Crippen molar-refractivity contribution in [2.45, 2.75) is 19.1 Å². The summed E-state index contributed by atoms with van der Waals surface area (Å²) in [6, 6.07) is 14.1. The topological polar surface area (TPSA) is 64.3 Å². The van der Waals surface area contributed by atoms with Gasteiger partial charge in [0.05, 0.1) is 17.0 Å². The Morgan fingerprint density at radius 2 is 1.76 bits per heavy atom. The number of fused-ring (bicyclic) bond motifs is 1. The number of hydrogen-bond donors (Lipinski definition) is 1. The summed E-state index contributed by atoms with van der Waals surface area (Å²) in [7, 11) is 0. The SMILES string of the molecule is CC12C(=O)N(c3cc(Cl)cc(Cl)c3)C(O)C1C2c1ccc(C#N)cc1. The van der Waals surface area contributed by atoms with E-state index in [-0.39, 0.29) is 17.7 Å². The molecule has 2 aliphatic rings. The van der Waals surface area contributed by atoms with E-state index in [0.29, 0.717) is 21.3 Å². The van der Waals surface area contributed by atoms with Crippen LogP contribution in [0.4, 0.5) is 5.69 Å². The van der Waals surface area contributed by atoms with E-state index in [9.17, 15) is 9.90 Å². The van der Waals surface area contributed by atoms with Crippen molar-refractivity contribution >= 4 is 34.8 Å². The molecule has 4 nitrogen and oxygen atoms in total. The third-order valence-corrected chi connectivity index (χ3v) is 5.81. The molecule has 1 amide bonds. The summed E-state index contributed by atoms with van der Waals surface area (Å²) in [5, 5.41) is 20.5. The molecule has 1 saturated carbocycles. The quantitative estimate of drug-likeness (QED) is 0.867. The zero-order valence-corrected chi connectivity index (χ0v) is 14.8. The zero-order valence-electron chi connectivity index (χ0n) is 13.3.